The summed E-state index contributed by atoms with van der Waals surface area (Å²) in [6.07, 6.45) is 7.67. The van der Waals surface area contributed by atoms with Gasteiger partial charge in [-0.2, -0.15) is 5.10 Å². The van der Waals surface area contributed by atoms with Crippen molar-refractivity contribution in [1.29, 1.82) is 0 Å². The van der Waals surface area contributed by atoms with Crippen LogP contribution in [0.25, 0.3) is 17.3 Å². The van der Waals surface area contributed by atoms with Gasteiger partial charge in [-0.1, -0.05) is 60.7 Å². The maximum atomic E-state index is 12.8. The number of carbonyl (C=O) groups is 2. The second kappa shape index (κ2) is 9.43. The summed E-state index contributed by atoms with van der Waals surface area (Å²) in [4.78, 5) is 26.2. The summed E-state index contributed by atoms with van der Waals surface area (Å²) < 4.78 is 1.88. The molecule has 0 radical (unpaired) electrons. The van der Waals surface area contributed by atoms with Crippen molar-refractivity contribution in [2.75, 3.05) is 6.54 Å². The van der Waals surface area contributed by atoms with Crippen molar-refractivity contribution in [3.8, 4) is 11.3 Å². The molecule has 31 heavy (non-hydrogen) atoms. The van der Waals surface area contributed by atoms with Crippen molar-refractivity contribution < 1.29 is 9.59 Å². The molecule has 1 aliphatic rings. The van der Waals surface area contributed by atoms with Gasteiger partial charge in [0.15, 0.2) is 0 Å². The molecule has 0 saturated carbocycles. The van der Waals surface area contributed by atoms with E-state index in [4.69, 9.17) is 10.8 Å². The van der Waals surface area contributed by atoms with E-state index in [9.17, 15) is 9.59 Å². The lowest BCUT2D eigenvalue weighted by Gasteiger charge is -2.32. The molecule has 2 heterocycles. The van der Waals surface area contributed by atoms with Crippen LogP contribution in [-0.4, -0.2) is 39.1 Å². The number of benzene rings is 2. The van der Waals surface area contributed by atoms with Gasteiger partial charge >= 0.3 is 0 Å². The fraction of sp³-hybridized carbons (Fsp3) is 0.240. The largest absolute Gasteiger partial charge is 0.368 e. The van der Waals surface area contributed by atoms with Crippen LogP contribution in [0.1, 0.15) is 30.4 Å². The molecule has 1 saturated heterocycles. The number of nitrogens with zero attached hydrogens (tertiary/aromatic N) is 3. The standard InChI is InChI=1S/C25H26N4O2/c26-25(31)22-13-7-8-16-29(22)23(30)15-14-21-18-28(17-19-9-3-1-4-10-19)27-24(21)20-11-5-2-6-12-20/h1-6,9-12,14-15,18,22H,7-8,13,16-17H2,(H2,26,31)/b15-14+/t22-/m0/s1. The van der Waals surface area contributed by atoms with E-state index in [1.165, 1.54) is 6.08 Å². The molecule has 6 nitrogen and oxygen atoms in total. The Morgan fingerprint density at radius 2 is 1.74 bits per heavy atom. The molecular weight excluding hydrogens is 388 g/mol. The van der Waals surface area contributed by atoms with Crippen LogP contribution in [0.5, 0.6) is 0 Å². The third-order valence-electron chi connectivity index (χ3n) is 5.54. The molecule has 2 aromatic carbocycles. The molecule has 0 bridgehead atoms. The van der Waals surface area contributed by atoms with Gasteiger partial charge in [0.25, 0.3) is 0 Å². The fourth-order valence-electron chi connectivity index (χ4n) is 3.98. The molecule has 2 N–H and O–H groups in total. The Labute approximate surface area is 182 Å². The van der Waals surface area contributed by atoms with Crippen molar-refractivity contribution in [2.45, 2.75) is 31.8 Å². The van der Waals surface area contributed by atoms with Gasteiger partial charge in [-0.3, -0.25) is 14.3 Å². The molecule has 1 atom stereocenters. The SMILES string of the molecule is NC(=O)[C@@H]1CCCCN1C(=O)/C=C/c1cn(Cc2ccccc2)nc1-c1ccccc1. The van der Waals surface area contributed by atoms with Crippen molar-refractivity contribution in [1.82, 2.24) is 14.7 Å². The van der Waals surface area contributed by atoms with Crippen LogP contribution in [0.4, 0.5) is 0 Å². The summed E-state index contributed by atoms with van der Waals surface area (Å²) in [6.45, 7) is 1.19. The molecule has 3 aromatic rings. The second-order valence-corrected chi connectivity index (χ2v) is 7.76. The highest BCUT2D eigenvalue weighted by Gasteiger charge is 2.29. The maximum absolute atomic E-state index is 12.8. The van der Waals surface area contributed by atoms with Crippen LogP contribution >= 0.6 is 0 Å². The highest BCUT2D eigenvalue weighted by Crippen LogP contribution is 2.24. The van der Waals surface area contributed by atoms with E-state index in [1.54, 1.807) is 11.0 Å². The van der Waals surface area contributed by atoms with Gasteiger partial charge in [0.05, 0.1) is 12.2 Å². The average Bonchev–Trinajstić information content (AvgIpc) is 3.21. The predicted molar refractivity (Wildman–Crippen MR) is 121 cm³/mol. The molecule has 0 unspecified atom stereocenters. The van der Waals surface area contributed by atoms with Crippen LogP contribution in [-0.2, 0) is 16.1 Å². The third-order valence-corrected chi connectivity index (χ3v) is 5.54. The lowest BCUT2D eigenvalue weighted by atomic mass is 10.0. The number of primary amides is 1. The van der Waals surface area contributed by atoms with Crippen LogP contribution < -0.4 is 5.73 Å². The van der Waals surface area contributed by atoms with Crippen LogP contribution in [0.15, 0.2) is 72.9 Å². The Kier molecular flexibility index (Phi) is 6.26. The Morgan fingerprint density at radius 3 is 2.45 bits per heavy atom. The lowest BCUT2D eigenvalue weighted by molar-refractivity contribution is -0.137. The number of hydrogen-bond donors (Lipinski definition) is 1. The summed E-state index contributed by atoms with van der Waals surface area (Å²) >= 11 is 0. The maximum Gasteiger partial charge on any atom is 0.247 e. The van der Waals surface area contributed by atoms with Gasteiger partial charge in [-0.25, -0.2) is 0 Å². The molecule has 4 rings (SSSR count). The summed E-state index contributed by atoms with van der Waals surface area (Å²) in [5, 5.41) is 4.78. The molecule has 0 aliphatic carbocycles. The minimum Gasteiger partial charge on any atom is -0.368 e. The number of hydrogen-bond acceptors (Lipinski definition) is 3. The second-order valence-electron chi connectivity index (χ2n) is 7.76. The minimum atomic E-state index is -0.528. The number of aromatic nitrogens is 2. The minimum absolute atomic E-state index is 0.196. The summed E-state index contributed by atoms with van der Waals surface area (Å²) in [6, 6.07) is 19.5. The number of carbonyl (C=O) groups excluding carboxylic acids is 2. The first-order valence-electron chi connectivity index (χ1n) is 10.6. The molecule has 0 spiro atoms. The van der Waals surface area contributed by atoms with E-state index in [-0.39, 0.29) is 5.91 Å². The zero-order chi connectivity index (χ0) is 21.6. The summed E-state index contributed by atoms with van der Waals surface area (Å²) in [5.41, 5.74) is 9.30. The van der Waals surface area contributed by atoms with Crippen LogP contribution in [0.3, 0.4) is 0 Å². The highest BCUT2D eigenvalue weighted by atomic mass is 16.2. The van der Waals surface area contributed by atoms with Crippen molar-refractivity contribution >= 4 is 17.9 Å². The number of likely N-dealkylation sites (tertiary alicyclic amines) is 1. The van der Waals surface area contributed by atoms with E-state index in [1.807, 2.05) is 59.4 Å². The quantitative estimate of drug-likeness (QED) is 0.627. The van der Waals surface area contributed by atoms with E-state index >= 15 is 0 Å². The van der Waals surface area contributed by atoms with Crippen molar-refractivity contribution in [2.24, 2.45) is 5.73 Å². The van der Waals surface area contributed by atoms with Gasteiger partial charge in [-0.15, -0.1) is 0 Å². The lowest BCUT2D eigenvalue weighted by Crippen LogP contribution is -2.49. The first-order chi connectivity index (χ1) is 15.1. The predicted octanol–water partition coefficient (Wildman–Crippen LogP) is 3.48. The first-order valence-corrected chi connectivity index (χ1v) is 10.6. The van der Waals surface area contributed by atoms with Crippen molar-refractivity contribution in [3.63, 3.8) is 0 Å². The number of amides is 2. The molecule has 1 aliphatic heterocycles. The third kappa shape index (κ3) is 4.91. The number of rotatable bonds is 6. The topological polar surface area (TPSA) is 81.2 Å². The van der Waals surface area contributed by atoms with E-state index in [0.29, 0.717) is 19.5 Å². The normalized spacial score (nSPS) is 16.5. The van der Waals surface area contributed by atoms with Gasteiger partial charge in [-0.05, 0) is 30.9 Å². The fourth-order valence-corrected chi connectivity index (χ4v) is 3.98. The van der Waals surface area contributed by atoms with Crippen LogP contribution in [0, 0.1) is 0 Å². The smallest absolute Gasteiger partial charge is 0.247 e. The highest BCUT2D eigenvalue weighted by molar-refractivity contribution is 5.96. The first kappa shape index (κ1) is 20.6. The summed E-state index contributed by atoms with van der Waals surface area (Å²) in [7, 11) is 0. The molecule has 6 heteroatoms. The van der Waals surface area contributed by atoms with E-state index in [0.717, 1.165) is 35.2 Å². The Bertz CT molecular complexity index is 1070. The molecular formula is C25H26N4O2. The molecule has 2 amide bonds. The zero-order valence-corrected chi connectivity index (χ0v) is 17.4. The molecule has 1 fully saturated rings. The van der Waals surface area contributed by atoms with Gasteiger partial charge in [0, 0.05) is 29.9 Å². The zero-order valence-electron chi connectivity index (χ0n) is 17.4. The van der Waals surface area contributed by atoms with Gasteiger partial charge in [0.1, 0.15) is 6.04 Å². The van der Waals surface area contributed by atoms with Gasteiger partial charge < -0.3 is 10.6 Å². The number of piperidine rings is 1. The Balaban J connectivity index is 1.61. The Morgan fingerprint density at radius 1 is 1.03 bits per heavy atom. The summed E-state index contributed by atoms with van der Waals surface area (Å²) in [5.74, 6) is -0.638. The van der Waals surface area contributed by atoms with Gasteiger partial charge in [0.2, 0.25) is 11.8 Å². The Hall–Kier alpha value is -3.67. The monoisotopic (exact) mass is 414 g/mol. The van der Waals surface area contributed by atoms with Crippen LogP contribution in [0.2, 0.25) is 0 Å². The molecule has 158 valence electrons. The molecule has 1 aromatic heterocycles. The number of nitrogens with two attached hydrogens (primary N) is 1. The van der Waals surface area contributed by atoms with E-state index in [2.05, 4.69) is 12.1 Å². The average molecular weight is 415 g/mol. The van der Waals surface area contributed by atoms with Crippen molar-refractivity contribution in [3.05, 3.63) is 84.1 Å². The van der Waals surface area contributed by atoms with E-state index < -0.39 is 11.9 Å².